The van der Waals surface area contributed by atoms with E-state index < -0.39 is 0 Å². The molecule has 98 valence electrons. The molecule has 0 bridgehead atoms. The Bertz CT molecular complexity index is 380. The third-order valence-corrected chi connectivity index (χ3v) is 3.58. The van der Waals surface area contributed by atoms with E-state index in [0.29, 0.717) is 6.54 Å². The second-order valence-corrected chi connectivity index (χ2v) is 4.95. The molecule has 1 aliphatic carbocycles. The van der Waals surface area contributed by atoms with Crippen LogP contribution in [0.3, 0.4) is 0 Å². The standard InChI is InChI=1S/C14H21N3O/c15-13-8-3-1-2-7-12(13)14(18)17-10-11-6-4-5-9-16-11/h4-6,9,12-13H,1-3,7-8,10,15H2,(H,17,18). The van der Waals surface area contributed by atoms with E-state index in [1.54, 1.807) is 6.20 Å². The summed E-state index contributed by atoms with van der Waals surface area (Å²) in [5.74, 6) is 0.0475. The fourth-order valence-corrected chi connectivity index (χ4v) is 2.47. The van der Waals surface area contributed by atoms with E-state index in [1.165, 1.54) is 6.42 Å². The number of hydrogen-bond donors (Lipinski definition) is 2. The first-order valence-electron chi connectivity index (χ1n) is 6.70. The molecule has 4 nitrogen and oxygen atoms in total. The van der Waals surface area contributed by atoms with Crippen molar-refractivity contribution < 1.29 is 4.79 Å². The molecule has 18 heavy (non-hydrogen) atoms. The molecule has 1 amide bonds. The van der Waals surface area contributed by atoms with Gasteiger partial charge in [0.1, 0.15) is 0 Å². The normalized spacial score (nSPS) is 24.3. The molecule has 1 fully saturated rings. The maximum Gasteiger partial charge on any atom is 0.224 e. The van der Waals surface area contributed by atoms with E-state index in [-0.39, 0.29) is 17.9 Å². The average Bonchev–Trinajstić information content (AvgIpc) is 2.62. The Balaban J connectivity index is 1.87. The summed E-state index contributed by atoms with van der Waals surface area (Å²) < 4.78 is 0. The van der Waals surface area contributed by atoms with Crippen LogP contribution in [0.5, 0.6) is 0 Å². The molecule has 0 aliphatic heterocycles. The van der Waals surface area contributed by atoms with Gasteiger partial charge < -0.3 is 11.1 Å². The van der Waals surface area contributed by atoms with Crippen LogP contribution in [0, 0.1) is 5.92 Å². The van der Waals surface area contributed by atoms with Crippen molar-refractivity contribution in [1.29, 1.82) is 0 Å². The Morgan fingerprint density at radius 1 is 1.33 bits per heavy atom. The van der Waals surface area contributed by atoms with Crippen molar-refractivity contribution in [2.45, 2.75) is 44.7 Å². The molecule has 0 spiro atoms. The van der Waals surface area contributed by atoms with Crippen molar-refractivity contribution in [3.8, 4) is 0 Å². The molecule has 0 aromatic carbocycles. The van der Waals surface area contributed by atoms with Gasteiger partial charge in [-0.15, -0.1) is 0 Å². The van der Waals surface area contributed by atoms with Crippen molar-refractivity contribution in [3.63, 3.8) is 0 Å². The number of rotatable bonds is 3. The summed E-state index contributed by atoms with van der Waals surface area (Å²) in [5, 5.41) is 2.95. The number of aromatic nitrogens is 1. The third kappa shape index (κ3) is 3.53. The first-order valence-corrected chi connectivity index (χ1v) is 6.70. The highest BCUT2D eigenvalue weighted by molar-refractivity contribution is 5.79. The third-order valence-electron chi connectivity index (χ3n) is 3.58. The highest BCUT2D eigenvalue weighted by Gasteiger charge is 2.26. The van der Waals surface area contributed by atoms with Gasteiger partial charge in [-0.2, -0.15) is 0 Å². The zero-order valence-corrected chi connectivity index (χ0v) is 10.6. The van der Waals surface area contributed by atoms with Crippen LogP contribution in [0.15, 0.2) is 24.4 Å². The van der Waals surface area contributed by atoms with Crippen LogP contribution in [0.1, 0.15) is 37.8 Å². The quantitative estimate of drug-likeness (QED) is 0.797. The molecule has 1 aromatic rings. The number of carbonyl (C=O) groups excluding carboxylic acids is 1. The smallest absolute Gasteiger partial charge is 0.224 e. The molecular formula is C14H21N3O. The van der Waals surface area contributed by atoms with Gasteiger partial charge in [0.05, 0.1) is 18.2 Å². The predicted octanol–water partition coefficient (Wildman–Crippen LogP) is 1.61. The number of nitrogens with one attached hydrogen (secondary N) is 1. The SMILES string of the molecule is NC1CCCCCC1C(=O)NCc1ccccn1. The summed E-state index contributed by atoms with van der Waals surface area (Å²) in [6.07, 6.45) is 7.05. The zero-order valence-electron chi connectivity index (χ0n) is 10.6. The van der Waals surface area contributed by atoms with Gasteiger partial charge in [0, 0.05) is 12.2 Å². The van der Waals surface area contributed by atoms with E-state index in [0.717, 1.165) is 31.4 Å². The fraction of sp³-hybridized carbons (Fsp3) is 0.571. The summed E-state index contributed by atoms with van der Waals surface area (Å²) in [5.41, 5.74) is 6.95. The molecule has 4 heteroatoms. The molecule has 2 rings (SSSR count). The Hall–Kier alpha value is -1.42. The summed E-state index contributed by atoms with van der Waals surface area (Å²) in [4.78, 5) is 16.3. The number of amides is 1. The van der Waals surface area contributed by atoms with Crippen LogP contribution in [-0.4, -0.2) is 16.9 Å². The van der Waals surface area contributed by atoms with E-state index in [1.807, 2.05) is 18.2 Å². The number of carbonyl (C=O) groups is 1. The first kappa shape index (κ1) is 13.0. The minimum absolute atomic E-state index is 0.0104. The van der Waals surface area contributed by atoms with Gasteiger partial charge >= 0.3 is 0 Å². The molecular weight excluding hydrogens is 226 g/mol. The minimum Gasteiger partial charge on any atom is -0.350 e. The van der Waals surface area contributed by atoms with Crippen LogP contribution in [-0.2, 0) is 11.3 Å². The van der Waals surface area contributed by atoms with Gasteiger partial charge in [-0.25, -0.2) is 0 Å². The van der Waals surface area contributed by atoms with Gasteiger partial charge in [-0.1, -0.05) is 25.3 Å². The number of nitrogens with zero attached hydrogens (tertiary/aromatic N) is 1. The van der Waals surface area contributed by atoms with Crippen LogP contribution < -0.4 is 11.1 Å². The van der Waals surface area contributed by atoms with E-state index in [9.17, 15) is 4.79 Å². The highest BCUT2D eigenvalue weighted by atomic mass is 16.1. The van der Waals surface area contributed by atoms with Gasteiger partial charge in [-0.3, -0.25) is 9.78 Å². The largest absolute Gasteiger partial charge is 0.350 e. The summed E-state index contributed by atoms with van der Waals surface area (Å²) in [6, 6.07) is 5.71. The van der Waals surface area contributed by atoms with Gasteiger partial charge in [0.15, 0.2) is 0 Å². The van der Waals surface area contributed by atoms with Crippen molar-refractivity contribution in [3.05, 3.63) is 30.1 Å². The minimum atomic E-state index is -0.0313. The maximum atomic E-state index is 12.1. The highest BCUT2D eigenvalue weighted by Crippen LogP contribution is 2.22. The van der Waals surface area contributed by atoms with Gasteiger partial charge in [0.25, 0.3) is 0 Å². The molecule has 1 aromatic heterocycles. The van der Waals surface area contributed by atoms with E-state index in [4.69, 9.17) is 5.73 Å². The van der Waals surface area contributed by atoms with Gasteiger partial charge in [-0.05, 0) is 25.0 Å². The molecule has 1 heterocycles. The second-order valence-electron chi connectivity index (χ2n) is 4.95. The number of nitrogens with two attached hydrogens (primary N) is 1. The Labute approximate surface area is 108 Å². The first-order chi connectivity index (χ1) is 8.77. The number of pyridine rings is 1. The molecule has 1 saturated carbocycles. The van der Waals surface area contributed by atoms with Crippen molar-refractivity contribution in [1.82, 2.24) is 10.3 Å². The summed E-state index contributed by atoms with van der Waals surface area (Å²) in [6.45, 7) is 0.489. The van der Waals surface area contributed by atoms with Crippen LogP contribution >= 0.6 is 0 Å². The van der Waals surface area contributed by atoms with Crippen LogP contribution in [0.4, 0.5) is 0 Å². The van der Waals surface area contributed by atoms with Crippen molar-refractivity contribution in [2.75, 3.05) is 0 Å². The monoisotopic (exact) mass is 247 g/mol. The molecule has 1 aliphatic rings. The lowest BCUT2D eigenvalue weighted by molar-refractivity contribution is -0.126. The molecule has 0 saturated heterocycles. The molecule has 2 unspecified atom stereocenters. The van der Waals surface area contributed by atoms with Gasteiger partial charge in [0.2, 0.25) is 5.91 Å². The maximum absolute atomic E-state index is 12.1. The Kier molecular flexibility index (Phi) is 4.70. The van der Waals surface area contributed by atoms with Crippen LogP contribution in [0.25, 0.3) is 0 Å². The molecule has 2 atom stereocenters. The zero-order chi connectivity index (χ0) is 12.8. The van der Waals surface area contributed by atoms with E-state index >= 15 is 0 Å². The lowest BCUT2D eigenvalue weighted by Crippen LogP contribution is -2.41. The molecule has 3 N–H and O–H groups in total. The number of hydrogen-bond acceptors (Lipinski definition) is 3. The second kappa shape index (κ2) is 6.50. The molecule has 0 radical (unpaired) electrons. The Morgan fingerprint density at radius 3 is 2.94 bits per heavy atom. The van der Waals surface area contributed by atoms with Crippen LogP contribution in [0.2, 0.25) is 0 Å². The lowest BCUT2D eigenvalue weighted by atomic mass is 9.94. The predicted molar refractivity (Wildman–Crippen MR) is 70.6 cm³/mol. The summed E-state index contributed by atoms with van der Waals surface area (Å²) in [7, 11) is 0. The summed E-state index contributed by atoms with van der Waals surface area (Å²) >= 11 is 0. The fourth-order valence-electron chi connectivity index (χ4n) is 2.47. The Morgan fingerprint density at radius 2 is 2.17 bits per heavy atom. The van der Waals surface area contributed by atoms with Crippen molar-refractivity contribution >= 4 is 5.91 Å². The van der Waals surface area contributed by atoms with E-state index in [2.05, 4.69) is 10.3 Å². The average molecular weight is 247 g/mol. The lowest BCUT2D eigenvalue weighted by Gasteiger charge is -2.20. The topological polar surface area (TPSA) is 68.0 Å². The van der Waals surface area contributed by atoms with Crippen molar-refractivity contribution in [2.24, 2.45) is 11.7 Å².